The van der Waals surface area contributed by atoms with Gasteiger partial charge in [0.2, 0.25) is 0 Å². The second-order valence-corrected chi connectivity index (χ2v) is 6.32. The molecule has 1 aliphatic carbocycles. The summed E-state index contributed by atoms with van der Waals surface area (Å²) in [6, 6.07) is 0. The second kappa shape index (κ2) is 4.77. The molecule has 0 aromatic heterocycles. The molecule has 1 aliphatic rings. The van der Waals surface area contributed by atoms with Gasteiger partial charge in [0.25, 0.3) is 0 Å². The minimum Gasteiger partial charge on any atom is -0.257 e. The van der Waals surface area contributed by atoms with E-state index in [0.717, 1.165) is 0 Å². The molecule has 0 heterocycles. The van der Waals surface area contributed by atoms with E-state index in [0.29, 0.717) is 6.42 Å². The molecule has 0 aromatic carbocycles. The molecule has 1 rings (SSSR count). The van der Waals surface area contributed by atoms with E-state index >= 15 is 0 Å². The third-order valence-electron chi connectivity index (χ3n) is 2.18. The molecule has 3 atom stereocenters. The Morgan fingerprint density at radius 3 is 2.25 bits per heavy atom. The maximum atomic E-state index is 13.2. The van der Waals surface area contributed by atoms with Crippen LogP contribution in [-0.2, 0) is 14.3 Å². The average Bonchev–Trinajstić information content (AvgIpc) is 2.08. The topological polar surface area (TPSA) is 43.4 Å². The van der Waals surface area contributed by atoms with Gasteiger partial charge < -0.3 is 0 Å². The molecule has 0 aliphatic heterocycles. The lowest BCUT2D eigenvalue weighted by Gasteiger charge is -2.28. The van der Waals surface area contributed by atoms with Gasteiger partial charge >= 0.3 is 15.6 Å². The van der Waals surface area contributed by atoms with Gasteiger partial charge in [-0.05, 0) is 19.3 Å². The Bertz CT molecular complexity index is 342. The van der Waals surface area contributed by atoms with Crippen LogP contribution in [0.4, 0.5) is 17.6 Å². The zero-order chi connectivity index (χ0) is 12.6. The number of halogens is 5. The van der Waals surface area contributed by atoms with E-state index in [9.17, 15) is 26.0 Å². The van der Waals surface area contributed by atoms with Crippen LogP contribution in [0.5, 0.6) is 0 Å². The molecule has 3 unspecified atom stereocenters. The first-order valence-corrected chi connectivity index (χ1v) is 6.73. The van der Waals surface area contributed by atoms with E-state index in [2.05, 4.69) is 20.1 Å². The number of hydrogen-bond acceptors (Lipinski definition) is 3. The molecular formula is C7H9BrF4O3S. The molecule has 0 amide bonds. The van der Waals surface area contributed by atoms with Crippen molar-refractivity contribution in [2.45, 2.75) is 41.9 Å². The van der Waals surface area contributed by atoms with Crippen molar-refractivity contribution < 1.29 is 30.2 Å². The summed E-state index contributed by atoms with van der Waals surface area (Å²) in [4.78, 5) is -0.157. The lowest BCUT2D eigenvalue weighted by Crippen LogP contribution is -2.38. The van der Waals surface area contributed by atoms with Crippen LogP contribution in [0.25, 0.3) is 0 Å². The van der Waals surface area contributed by atoms with Crippen LogP contribution in [0, 0.1) is 0 Å². The van der Waals surface area contributed by atoms with E-state index in [1.165, 1.54) is 0 Å². The zero-order valence-corrected chi connectivity index (χ0v) is 10.3. The minimum atomic E-state index is -5.70. The predicted molar refractivity (Wildman–Crippen MR) is 51.3 cm³/mol. The quantitative estimate of drug-likeness (QED) is 0.338. The van der Waals surface area contributed by atoms with Crippen LogP contribution in [-0.4, -0.2) is 31.0 Å². The van der Waals surface area contributed by atoms with Crippen LogP contribution >= 0.6 is 15.9 Å². The SMILES string of the molecule is O=S(=O)(OC1CCC(Br)CC1F)C(F)(F)F. The van der Waals surface area contributed by atoms with Crippen molar-refractivity contribution in [1.29, 1.82) is 0 Å². The van der Waals surface area contributed by atoms with Crippen molar-refractivity contribution in [1.82, 2.24) is 0 Å². The summed E-state index contributed by atoms with van der Waals surface area (Å²) in [5.74, 6) is 0. The molecule has 9 heteroatoms. The van der Waals surface area contributed by atoms with E-state index in [4.69, 9.17) is 0 Å². The van der Waals surface area contributed by atoms with Crippen LogP contribution in [0.15, 0.2) is 0 Å². The Morgan fingerprint density at radius 1 is 1.25 bits per heavy atom. The van der Waals surface area contributed by atoms with Gasteiger partial charge in [-0.3, -0.25) is 4.18 Å². The summed E-state index contributed by atoms with van der Waals surface area (Å²) >= 11 is 3.11. The smallest absolute Gasteiger partial charge is 0.257 e. The van der Waals surface area contributed by atoms with Crippen molar-refractivity contribution in [2.24, 2.45) is 0 Å². The molecule has 0 N–H and O–H groups in total. The maximum absolute atomic E-state index is 13.2. The highest BCUT2D eigenvalue weighted by Crippen LogP contribution is 2.33. The fourth-order valence-corrected chi connectivity index (χ4v) is 2.64. The fraction of sp³-hybridized carbons (Fsp3) is 1.00. The Morgan fingerprint density at radius 2 is 1.81 bits per heavy atom. The van der Waals surface area contributed by atoms with Gasteiger partial charge in [-0.15, -0.1) is 0 Å². The largest absolute Gasteiger partial charge is 0.523 e. The van der Waals surface area contributed by atoms with E-state index in [1.54, 1.807) is 0 Å². The molecular weight excluding hydrogens is 320 g/mol. The van der Waals surface area contributed by atoms with Crippen LogP contribution in [0.3, 0.4) is 0 Å². The van der Waals surface area contributed by atoms with Gasteiger partial charge in [0.05, 0.1) is 0 Å². The highest BCUT2D eigenvalue weighted by molar-refractivity contribution is 9.09. The summed E-state index contributed by atoms with van der Waals surface area (Å²) in [6.07, 6.45) is -3.00. The first-order valence-electron chi connectivity index (χ1n) is 4.41. The summed E-state index contributed by atoms with van der Waals surface area (Å²) < 4.78 is 74.2. The molecule has 1 fully saturated rings. The number of hydrogen-bond donors (Lipinski definition) is 0. The Kier molecular flexibility index (Phi) is 4.23. The summed E-state index contributed by atoms with van der Waals surface area (Å²) in [7, 11) is -5.70. The third-order valence-corrected chi connectivity index (χ3v) is 4.08. The van der Waals surface area contributed by atoms with Crippen molar-refractivity contribution in [3.63, 3.8) is 0 Å². The van der Waals surface area contributed by atoms with E-state index in [-0.39, 0.29) is 17.7 Å². The first-order chi connectivity index (χ1) is 7.13. The second-order valence-electron chi connectivity index (χ2n) is 3.46. The fourth-order valence-electron chi connectivity index (χ4n) is 1.37. The summed E-state index contributed by atoms with van der Waals surface area (Å²) in [5.41, 5.74) is -5.50. The monoisotopic (exact) mass is 328 g/mol. The molecule has 0 aromatic rings. The van der Waals surface area contributed by atoms with Crippen molar-refractivity contribution >= 4 is 26.0 Å². The van der Waals surface area contributed by atoms with Gasteiger partial charge in [-0.25, -0.2) is 4.39 Å². The normalized spacial score (nSPS) is 32.7. The van der Waals surface area contributed by atoms with Gasteiger partial charge in [-0.1, -0.05) is 15.9 Å². The molecule has 0 spiro atoms. The highest BCUT2D eigenvalue weighted by atomic mass is 79.9. The molecule has 96 valence electrons. The third kappa shape index (κ3) is 3.30. The Balaban J connectivity index is 2.68. The minimum absolute atomic E-state index is 0.0575. The van der Waals surface area contributed by atoms with Crippen molar-refractivity contribution in [3.05, 3.63) is 0 Å². The molecule has 0 saturated heterocycles. The lowest BCUT2D eigenvalue weighted by molar-refractivity contribution is -0.0620. The maximum Gasteiger partial charge on any atom is 0.523 e. The summed E-state index contributed by atoms with van der Waals surface area (Å²) in [6.45, 7) is 0. The first kappa shape index (κ1) is 14.2. The van der Waals surface area contributed by atoms with Crippen LogP contribution in [0.2, 0.25) is 0 Å². The van der Waals surface area contributed by atoms with Gasteiger partial charge in [0.1, 0.15) is 12.3 Å². The van der Waals surface area contributed by atoms with Crippen LogP contribution in [0.1, 0.15) is 19.3 Å². The molecule has 0 radical (unpaired) electrons. The van der Waals surface area contributed by atoms with Gasteiger partial charge in [0, 0.05) is 4.83 Å². The molecule has 16 heavy (non-hydrogen) atoms. The molecule has 1 saturated carbocycles. The Labute approximate surface area is 98.4 Å². The van der Waals surface area contributed by atoms with Gasteiger partial charge in [-0.2, -0.15) is 21.6 Å². The summed E-state index contributed by atoms with van der Waals surface area (Å²) in [5, 5.41) is 0. The van der Waals surface area contributed by atoms with Gasteiger partial charge in [0.15, 0.2) is 0 Å². The number of alkyl halides is 5. The van der Waals surface area contributed by atoms with Crippen LogP contribution < -0.4 is 0 Å². The number of rotatable bonds is 2. The van der Waals surface area contributed by atoms with Crippen molar-refractivity contribution in [2.75, 3.05) is 0 Å². The van der Waals surface area contributed by atoms with E-state index in [1.807, 2.05) is 0 Å². The Hall–Kier alpha value is 0.110. The highest BCUT2D eigenvalue weighted by Gasteiger charge is 2.50. The predicted octanol–water partition coefficient (Wildman–Crippen LogP) is 2.51. The average molecular weight is 329 g/mol. The molecule has 3 nitrogen and oxygen atoms in total. The lowest BCUT2D eigenvalue weighted by atomic mass is 9.96. The van der Waals surface area contributed by atoms with Crippen molar-refractivity contribution in [3.8, 4) is 0 Å². The zero-order valence-electron chi connectivity index (χ0n) is 7.88. The van der Waals surface area contributed by atoms with E-state index < -0.39 is 27.9 Å². The standard InChI is InChI=1S/C7H9BrF4O3S/c8-4-1-2-6(5(9)3-4)15-16(13,14)7(10,11)12/h4-6H,1-3H2. The molecule has 0 bridgehead atoms.